The van der Waals surface area contributed by atoms with Crippen molar-refractivity contribution in [2.24, 2.45) is 29.6 Å². The van der Waals surface area contributed by atoms with Gasteiger partial charge < -0.3 is 14.6 Å². The maximum Gasteiger partial charge on any atom is 0.261 e. The molecule has 4 bridgehead atoms. The van der Waals surface area contributed by atoms with E-state index in [1.165, 1.54) is 44.6 Å². The number of hydrogen-bond acceptors (Lipinski definition) is 3. The molecule has 7 rings (SSSR count). The molecule has 0 saturated heterocycles. The molecule has 150 valence electrons. The van der Waals surface area contributed by atoms with Crippen LogP contribution in [0.15, 0.2) is 41.2 Å². The van der Waals surface area contributed by atoms with E-state index < -0.39 is 0 Å². The molecule has 5 heteroatoms. The average molecular weight is 390 g/mol. The fraction of sp³-hybridized carbons (Fsp3) is 0.500. The second kappa shape index (κ2) is 6.48. The van der Waals surface area contributed by atoms with E-state index in [0.717, 1.165) is 35.2 Å². The van der Waals surface area contributed by atoms with Crippen LogP contribution in [-0.2, 0) is 11.2 Å². The van der Waals surface area contributed by atoms with Gasteiger partial charge in [0.15, 0.2) is 0 Å². The highest BCUT2D eigenvalue weighted by molar-refractivity contribution is 6.07. The van der Waals surface area contributed by atoms with Crippen molar-refractivity contribution in [3.8, 4) is 0 Å². The molecule has 2 heterocycles. The Balaban J connectivity index is 1.18. The molecule has 4 fully saturated rings. The van der Waals surface area contributed by atoms with Gasteiger partial charge in [-0.1, -0.05) is 0 Å². The van der Waals surface area contributed by atoms with Gasteiger partial charge in [0.05, 0.1) is 11.8 Å². The summed E-state index contributed by atoms with van der Waals surface area (Å²) in [5.74, 6) is 3.29. The van der Waals surface area contributed by atoms with Crippen LogP contribution in [0.2, 0.25) is 0 Å². The third-order valence-electron chi connectivity index (χ3n) is 7.79. The van der Waals surface area contributed by atoms with E-state index in [2.05, 4.69) is 5.32 Å². The normalized spacial score (nSPS) is 31.7. The first-order valence-electron chi connectivity index (χ1n) is 10.9. The van der Waals surface area contributed by atoms with E-state index in [4.69, 9.17) is 4.42 Å². The Morgan fingerprint density at radius 3 is 2.45 bits per heavy atom. The zero-order chi connectivity index (χ0) is 19.5. The van der Waals surface area contributed by atoms with Crippen molar-refractivity contribution in [2.75, 3.05) is 16.8 Å². The Kier molecular flexibility index (Phi) is 3.87. The summed E-state index contributed by atoms with van der Waals surface area (Å²) in [6, 6.07) is 7.65. The lowest BCUT2D eigenvalue weighted by molar-refractivity contribution is -0.132. The summed E-state index contributed by atoms with van der Waals surface area (Å²) in [6.07, 6.45) is 10.2. The number of carbonyl (C=O) groups excluding carboxylic acids is 2. The number of anilines is 2. The number of fused-ring (bicyclic) bond motifs is 1. The van der Waals surface area contributed by atoms with E-state index in [1.807, 2.05) is 18.2 Å². The Bertz CT molecular complexity index is 937. The zero-order valence-electron chi connectivity index (χ0n) is 16.5. The van der Waals surface area contributed by atoms with E-state index in [1.54, 1.807) is 11.0 Å². The van der Waals surface area contributed by atoms with Crippen molar-refractivity contribution in [3.05, 3.63) is 47.9 Å². The molecule has 1 aromatic carbocycles. The summed E-state index contributed by atoms with van der Waals surface area (Å²) >= 11 is 0. The highest BCUT2D eigenvalue weighted by Crippen LogP contribution is 2.56. The maximum atomic E-state index is 13.1. The van der Waals surface area contributed by atoms with Crippen LogP contribution in [0.25, 0.3) is 0 Å². The summed E-state index contributed by atoms with van der Waals surface area (Å²) < 4.78 is 5.05. The van der Waals surface area contributed by atoms with Crippen molar-refractivity contribution in [1.82, 2.24) is 0 Å². The first-order chi connectivity index (χ1) is 14.2. The monoisotopic (exact) mass is 390 g/mol. The Morgan fingerprint density at radius 1 is 1.00 bits per heavy atom. The largest absolute Gasteiger partial charge is 0.472 e. The summed E-state index contributed by atoms with van der Waals surface area (Å²) in [5, 5.41) is 3.21. The molecule has 29 heavy (non-hydrogen) atoms. The van der Waals surface area contributed by atoms with Crippen LogP contribution in [0.4, 0.5) is 11.4 Å². The number of benzene rings is 1. The maximum absolute atomic E-state index is 13.1. The number of rotatable bonds is 3. The number of hydrogen-bond donors (Lipinski definition) is 1. The minimum Gasteiger partial charge on any atom is -0.472 e. The fourth-order valence-corrected chi connectivity index (χ4v) is 6.81. The van der Waals surface area contributed by atoms with Crippen molar-refractivity contribution in [2.45, 2.75) is 38.5 Å². The Labute approximate surface area is 170 Å². The first kappa shape index (κ1) is 17.3. The van der Waals surface area contributed by atoms with Crippen LogP contribution in [0.3, 0.4) is 0 Å². The van der Waals surface area contributed by atoms with Crippen LogP contribution in [0.1, 0.15) is 48.0 Å². The smallest absolute Gasteiger partial charge is 0.261 e. The van der Waals surface area contributed by atoms with Gasteiger partial charge in [-0.2, -0.15) is 0 Å². The number of nitrogens with zero attached hydrogens (tertiary/aromatic N) is 1. The lowest BCUT2D eigenvalue weighted by Crippen LogP contribution is -2.49. The topological polar surface area (TPSA) is 62.6 Å². The first-order valence-corrected chi connectivity index (χ1v) is 10.9. The number of nitrogens with one attached hydrogen (secondary N) is 1. The molecule has 5 aliphatic rings. The molecular formula is C24H26N2O3. The molecule has 1 aromatic heterocycles. The van der Waals surface area contributed by atoms with Crippen LogP contribution < -0.4 is 10.2 Å². The van der Waals surface area contributed by atoms with Gasteiger partial charge >= 0.3 is 0 Å². The molecule has 5 nitrogen and oxygen atoms in total. The standard InChI is InChI=1S/C24H26N2O3/c27-23(22-18-8-14-7-15(10-18)11-19(22)9-14)25-20-1-2-21-16(12-20)3-5-26(21)24(28)17-4-6-29-13-17/h1-2,4,6,12-15,18-19,22H,3,5,7-11H2,(H,25,27). The number of furan rings is 1. The van der Waals surface area contributed by atoms with Crippen LogP contribution in [-0.4, -0.2) is 18.4 Å². The van der Waals surface area contributed by atoms with Gasteiger partial charge in [0.25, 0.3) is 5.91 Å². The van der Waals surface area contributed by atoms with Gasteiger partial charge in [0.1, 0.15) is 6.26 Å². The van der Waals surface area contributed by atoms with Crippen molar-refractivity contribution >= 4 is 23.2 Å². The molecule has 1 N–H and O–H groups in total. The molecule has 2 aromatic rings. The molecule has 0 spiro atoms. The number of carbonyl (C=O) groups is 2. The van der Waals surface area contributed by atoms with Crippen molar-refractivity contribution in [3.63, 3.8) is 0 Å². The van der Waals surface area contributed by atoms with Crippen LogP contribution >= 0.6 is 0 Å². The molecule has 2 amide bonds. The average Bonchev–Trinajstić information content (AvgIpc) is 3.36. The third kappa shape index (κ3) is 2.82. The van der Waals surface area contributed by atoms with Crippen molar-refractivity contribution < 1.29 is 14.0 Å². The van der Waals surface area contributed by atoms with E-state index in [0.29, 0.717) is 23.9 Å². The second-order valence-corrected chi connectivity index (χ2v) is 9.51. The zero-order valence-corrected chi connectivity index (χ0v) is 16.5. The lowest BCUT2D eigenvalue weighted by Gasteiger charge is -2.53. The fourth-order valence-electron chi connectivity index (χ4n) is 6.81. The molecule has 4 aliphatic carbocycles. The van der Waals surface area contributed by atoms with Gasteiger partial charge in [-0.05, 0) is 92.0 Å². The highest BCUT2D eigenvalue weighted by Gasteiger charge is 2.50. The summed E-state index contributed by atoms with van der Waals surface area (Å²) in [6.45, 7) is 0.659. The third-order valence-corrected chi connectivity index (χ3v) is 7.79. The van der Waals surface area contributed by atoms with Crippen molar-refractivity contribution in [1.29, 1.82) is 0 Å². The molecule has 4 saturated carbocycles. The SMILES string of the molecule is O=C(Nc1ccc2c(c1)CCN2C(=O)c1ccoc1)C1C2CC3CC(C2)CC1C3. The summed E-state index contributed by atoms with van der Waals surface area (Å²) in [7, 11) is 0. The van der Waals surface area contributed by atoms with Gasteiger partial charge in [-0.3, -0.25) is 9.59 Å². The minimum absolute atomic E-state index is 0.0390. The predicted octanol–water partition coefficient (Wildman–Crippen LogP) is 4.49. The summed E-state index contributed by atoms with van der Waals surface area (Å²) in [4.78, 5) is 27.6. The molecule has 0 atom stereocenters. The predicted molar refractivity (Wildman–Crippen MR) is 110 cm³/mol. The summed E-state index contributed by atoms with van der Waals surface area (Å²) in [5.41, 5.74) is 3.48. The van der Waals surface area contributed by atoms with E-state index in [-0.39, 0.29) is 17.7 Å². The van der Waals surface area contributed by atoms with Crippen LogP contribution in [0.5, 0.6) is 0 Å². The molecular weight excluding hydrogens is 364 g/mol. The van der Waals surface area contributed by atoms with Gasteiger partial charge in [0, 0.05) is 23.8 Å². The van der Waals surface area contributed by atoms with Gasteiger partial charge in [0.2, 0.25) is 5.91 Å². The number of amides is 2. The Morgan fingerprint density at radius 2 is 1.76 bits per heavy atom. The van der Waals surface area contributed by atoms with Crippen LogP contribution in [0, 0.1) is 29.6 Å². The van der Waals surface area contributed by atoms with E-state index >= 15 is 0 Å². The van der Waals surface area contributed by atoms with Gasteiger partial charge in [-0.25, -0.2) is 0 Å². The minimum atomic E-state index is -0.0390. The van der Waals surface area contributed by atoms with E-state index in [9.17, 15) is 9.59 Å². The lowest BCUT2D eigenvalue weighted by atomic mass is 9.51. The molecule has 0 radical (unpaired) electrons. The molecule has 0 unspecified atom stereocenters. The quantitative estimate of drug-likeness (QED) is 0.840. The highest BCUT2D eigenvalue weighted by atomic mass is 16.3. The second-order valence-electron chi connectivity index (χ2n) is 9.51. The van der Waals surface area contributed by atoms with Gasteiger partial charge in [-0.15, -0.1) is 0 Å². The molecule has 1 aliphatic heterocycles. The Hall–Kier alpha value is -2.56.